The maximum absolute atomic E-state index is 10.6. The second kappa shape index (κ2) is 5.57. The van der Waals surface area contributed by atoms with Crippen LogP contribution in [0.3, 0.4) is 0 Å². The second-order valence-corrected chi connectivity index (χ2v) is 3.23. The largest absolute Gasteiger partial charge is 0.463 e. The lowest BCUT2D eigenvalue weighted by atomic mass is 10.2. The number of carbonyl (C=O) groups excluding carboxylic acids is 1. The number of esters is 1. The molecule has 2 nitrogen and oxygen atoms in total. The van der Waals surface area contributed by atoms with E-state index in [-0.39, 0.29) is 5.97 Å². The Bertz CT molecular complexity index is 210. The van der Waals surface area contributed by atoms with Crippen molar-refractivity contribution in [1.29, 1.82) is 0 Å². The topological polar surface area (TPSA) is 26.3 Å². The predicted molar refractivity (Wildman–Crippen MR) is 52.3 cm³/mol. The zero-order valence-corrected chi connectivity index (χ0v) is 7.92. The van der Waals surface area contributed by atoms with Crippen molar-refractivity contribution in [3.05, 3.63) is 24.3 Å². The molecule has 0 aromatic carbocycles. The van der Waals surface area contributed by atoms with Gasteiger partial charge in [0.2, 0.25) is 0 Å². The lowest BCUT2D eigenvalue weighted by Crippen LogP contribution is -2.01. The smallest absolute Gasteiger partial charge is 0.330 e. The van der Waals surface area contributed by atoms with Gasteiger partial charge < -0.3 is 4.74 Å². The fourth-order valence-corrected chi connectivity index (χ4v) is 1.06. The number of rotatable bonds is 6. The Morgan fingerprint density at radius 1 is 1.46 bits per heavy atom. The first-order valence-corrected chi connectivity index (χ1v) is 4.80. The highest BCUT2D eigenvalue weighted by molar-refractivity contribution is 5.81. The molecule has 0 aromatic rings. The van der Waals surface area contributed by atoms with Gasteiger partial charge in [-0.05, 0) is 32.1 Å². The minimum absolute atomic E-state index is 0.319. The summed E-state index contributed by atoms with van der Waals surface area (Å²) in [6.07, 6.45) is 9.27. The fraction of sp³-hybridized carbons (Fsp3) is 0.545. The molecule has 1 aliphatic carbocycles. The molecule has 0 amide bonds. The fourth-order valence-electron chi connectivity index (χ4n) is 1.06. The van der Waals surface area contributed by atoms with Crippen molar-refractivity contribution in [2.45, 2.75) is 32.1 Å². The molecule has 1 saturated carbocycles. The summed E-state index contributed by atoms with van der Waals surface area (Å²) in [5.41, 5.74) is 1.59. The highest BCUT2D eigenvalue weighted by atomic mass is 16.5. The van der Waals surface area contributed by atoms with Crippen LogP contribution >= 0.6 is 0 Å². The van der Waals surface area contributed by atoms with Crippen molar-refractivity contribution in [2.75, 3.05) is 6.61 Å². The number of allylic oxidation sites excluding steroid dienone is 2. The molecule has 0 N–H and O–H groups in total. The van der Waals surface area contributed by atoms with Crippen molar-refractivity contribution >= 4 is 5.97 Å². The van der Waals surface area contributed by atoms with E-state index in [9.17, 15) is 4.79 Å². The van der Waals surface area contributed by atoms with E-state index in [2.05, 4.69) is 12.7 Å². The molecule has 0 aliphatic heterocycles. The summed E-state index contributed by atoms with van der Waals surface area (Å²) in [6, 6.07) is 0. The summed E-state index contributed by atoms with van der Waals surface area (Å²) >= 11 is 0. The van der Waals surface area contributed by atoms with Gasteiger partial charge in [-0.3, -0.25) is 0 Å². The minimum atomic E-state index is -0.319. The highest BCUT2D eigenvalue weighted by Gasteiger charge is 2.08. The van der Waals surface area contributed by atoms with Crippen LogP contribution in [0.4, 0.5) is 0 Å². The number of ether oxygens (including phenoxy) is 1. The Hall–Kier alpha value is -1.05. The summed E-state index contributed by atoms with van der Waals surface area (Å²) < 4.78 is 4.84. The Kier molecular flexibility index (Phi) is 4.30. The van der Waals surface area contributed by atoms with E-state index >= 15 is 0 Å². The van der Waals surface area contributed by atoms with E-state index in [1.807, 2.05) is 0 Å². The van der Waals surface area contributed by atoms with Crippen molar-refractivity contribution in [3.63, 3.8) is 0 Å². The van der Waals surface area contributed by atoms with Crippen LogP contribution in [0.25, 0.3) is 0 Å². The van der Waals surface area contributed by atoms with Gasteiger partial charge >= 0.3 is 5.97 Å². The average molecular weight is 180 g/mol. The first kappa shape index (κ1) is 10.0. The zero-order chi connectivity index (χ0) is 9.52. The van der Waals surface area contributed by atoms with Crippen LogP contribution in [0.5, 0.6) is 0 Å². The summed E-state index contributed by atoms with van der Waals surface area (Å²) in [7, 11) is 0. The number of hydrogen-bond donors (Lipinski definition) is 0. The van der Waals surface area contributed by atoms with Crippen LogP contribution < -0.4 is 0 Å². The number of unbranched alkanes of at least 4 members (excludes halogenated alkanes) is 2. The van der Waals surface area contributed by atoms with Crippen LogP contribution in [0.1, 0.15) is 32.1 Å². The lowest BCUT2D eigenvalue weighted by molar-refractivity contribution is -0.137. The lowest BCUT2D eigenvalue weighted by Gasteiger charge is -1.99. The third-order valence-electron chi connectivity index (χ3n) is 1.98. The Morgan fingerprint density at radius 2 is 2.23 bits per heavy atom. The van der Waals surface area contributed by atoms with E-state index in [1.54, 1.807) is 5.57 Å². The summed E-state index contributed by atoms with van der Waals surface area (Å²) in [5, 5.41) is 0. The molecule has 1 fully saturated rings. The second-order valence-electron chi connectivity index (χ2n) is 3.23. The van der Waals surface area contributed by atoms with Gasteiger partial charge in [0.05, 0.1) is 6.61 Å². The van der Waals surface area contributed by atoms with Crippen LogP contribution in [0.2, 0.25) is 0 Å². The van der Waals surface area contributed by atoms with Gasteiger partial charge in [0.1, 0.15) is 0 Å². The molecule has 0 unspecified atom stereocenters. The Labute approximate surface area is 79.3 Å². The van der Waals surface area contributed by atoms with E-state index in [1.165, 1.54) is 18.9 Å². The summed E-state index contributed by atoms with van der Waals surface area (Å²) in [6.45, 7) is 3.84. The molecule has 1 rings (SSSR count). The van der Waals surface area contributed by atoms with Gasteiger partial charge in [-0.1, -0.05) is 18.2 Å². The van der Waals surface area contributed by atoms with E-state index in [4.69, 9.17) is 4.74 Å². The van der Waals surface area contributed by atoms with Gasteiger partial charge in [0.25, 0.3) is 0 Å². The van der Waals surface area contributed by atoms with Crippen molar-refractivity contribution in [1.82, 2.24) is 0 Å². The average Bonchev–Trinajstić information content (AvgIpc) is 2.94. The third kappa shape index (κ3) is 5.23. The van der Waals surface area contributed by atoms with Crippen molar-refractivity contribution in [2.24, 2.45) is 0 Å². The molecule has 0 atom stereocenters. The minimum Gasteiger partial charge on any atom is -0.463 e. The quantitative estimate of drug-likeness (QED) is 0.272. The van der Waals surface area contributed by atoms with Crippen LogP contribution in [-0.4, -0.2) is 12.6 Å². The molecule has 0 aromatic heterocycles. The Morgan fingerprint density at radius 3 is 2.85 bits per heavy atom. The zero-order valence-electron chi connectivity index (χ0n) is 7.92. The SMILES string of the molecule is C=CC(=O)OCCCCC=C1CC1. The van der Waals surface area contributed by atoms with E-state index in [0.29, 0.717) is 6.61 Å². The monoisotopic (exact) mass is 180 g/mol. The van der Waals surface area contributed by atoms with Gasteiger partial charge in [-0.15, -0.1) is 0 Å². The molecular formula is C11H16O2. The molecule has 0 spiro atoms. The number of hydrogen-bond acceptors (Lipinski definition) is 2. The maximum atomic E-state index is 10.6. The first-order valence-electron chi connectivity index (χ1n) is 4.80. The molecule has 1 aliphatic rings. The maximum Gasteiger partial charge on any atom is 0.330 e. The third-order valence-corrected chi connectivity index (χ3v) is 1.98. The molecule has 2 heteroatoms. The first-order chi connectivity index (χ1) is 6.33. The van der Waals surface area contributed by atoms with Gasteiger partial charge in [0.15, 0.2) is 0 Å². The van der Waals surface area contributed by atoms with Gasteiger partial charge in [-0.2, -0.15) is 0 Å². The normalized spacial score (nSPS) is 13.7. The molecular weight excluding hydrogens is 164 g/mol. The van der Waals surface area contributed by atoms with Crippen molar-refractivity contribution in [3.8, 4) is 0 Å². The molecule has 0 radical (unpaired) electrons. The highest BCUT2D eigenvalue weighted by Crippen LogP contribution is 2.28. The molecule has 0 heterocycles. The molecule has 0 saturated heterocycles. The van der Waals surface area contributed by atoms with Gasteiger partial charge in [-0.25, -0.2) is 4.79 Å². The van der Waals surface area contributed by atoms with Crippen LogP contribution in [-0.2, 0) is 9.53 Å². The summed E-state index contributed by atoms with van der Waals surface area (Å²) in [5.74, 6) is -0.319. The Balaban J connectivity index is 1.86. The molecule has 13 heavy (non-hydrogen) atoms. The van der Waals surface area contributed by atoms with Crippen molar-refractivity contribution < 1.29 is 9.53 Å². The standard InChI is InChI=1S/C11H16O2/c1-2-11(12)13-9-5-3-4-6-10-7-8-10/h2,6H,1,3-5,7-9H2. The van der Waals surface area contributed by atoms with Gasteiger partial charge in [0, 0.05) is 6.08 Å². The van der Waals surface area contributed by atoms with Crippen LogP contribution in [0, 0.1) is 0 Å². The number of carbonyl (C=O) groups is 1. The van der Waals surface area contributed by atoms with E-state index in [0.717, 1.165) is 19.3 Å². The summed E-state index contributed by atoms with van der Waals surface area (Å²) in [4.78, 5) is 10.6. The van der Waals surface area contributed by atoms with Crippen LogP contribution in [0.15, 0.2) is 24.3 Å². The molecule has 0 bridgehead atoms. The predicted octanol–water partition coefficient (Wildman–Crippen LogP) is 2.61. The molecule has 72 valence electrons. The van der Waals surface area contributed by atoms with E-state index < -0.39 is 0 Å².